The zero-order chi connectivity index (χ0) is 20.1. The average molecular weight is 400 g/mol. The van der Waals surface area contributed by atoms with Gasteiger partial charge < -0.3 is 10.6 Å². The molecule has 6 nitrogen and oxygen atoms in total. The molecule has 28 heavy (non-hydrogen) atoms. The predicted molar refractivity (Wildman–Crippen MR) is 111 cm³/mol. The Morgan fingerprint density at radius 3 is 2.75 bits per heavy atom. The van der Waals surface area contributed by atoms with Crippen LogP contribution in [0.5, 0.6) is 0 Å². The summed E-state index contributed by atoms with van der Waals surface area (Å²) in [7, 11) is 0. The van der Waals surface area contributed by atoms with Gasteiger partial charge in [-0.1, -0.05) is 39.3 Å². The number of carbonyl (C=O) groups excluding carboxylic acids is 1. The van der Waals surface area contributed by atoms with Gasteiger partial charge in [0.2, 0.25) is 0 Å². The van der Waals surface area contributed by atoms with Gasteiger partial charge in [-0.15, -0.1) is 11.3 Å². The molecule has 0 bridgehead atoms. The van der Waals surface area contributed by atoms with Crippen molar-refractivity contribution in [2.45, 2.75) is 52.6 Å². The van der Waals surface area contributed by atoms with E-state index in [2.05, 4.69) is 31.4 Å². The Balaban J connectivity index is 1.66. The normalized spacial score (nSPS) is 21.3. The van der Waals surface area contributed by atoms with Crippen LogP contribution in [0.4, 0.5) is 10.7 Å². The molecule has 1 aromatic heterocycles. The van der Waals surface area contributed by atoms with E-state index in [9.17, 15) is 14.9 Å². The molecular weight excluding hydrogens is 374 g/mol. The number of benzene rings is 1. The Morgan fingerprint density at radius 2 is 2.04 bits per heavy atom. The Kier molecular flexibility index (Phi) is 4.65. The van der Waals surface area contributed by atoms with Crippen LogP contribution in [0.15, 0.2) is 24.3 Å². The third-order valence-electron chi connectivity index (χ3n) is 6.50. The smallest absolute Gasteiger partial charge is 0.276 e. The van der Waals surface area contributed by atoms with E-state index in [1.54, 1.807) is 29.5 Å². The van der Waals surface area contributed by atoms with Crippen LogP contribution in [-0.2, 0) is 12.8 Å². The van der Waals surface area contributed by atoms with Gasteiger partial charge in [-0.2, -0.15) is 0 Å². The molecule has 1 amide bonds. The third-order valence-corrected chi connectivity index (χ3v) is 7.69. The van der Waals surface area contributed by atoms with Crippen molar-refractivity contribution in [3.05, 3.63) is 55.9 Å². The topological polar surface area (TPSA) is 84.3 Å². The van der Waals surface area contributed by atoms with Crippen molar-refractivity contribution in [2.75, 3.05) is 5.32 Å². The summed E-state index contributed by atoms with van der Waals surface area (Å²) < 4.78 is 0. The minimum atomic E-state index is -0.593. The fourth-order valence-electron chi connectivity index (χ4n) is 4.31. The van der Waals surface area contributed by atoms with Crippen LogP contribution < -0.4 is 10.6 Å². The molecule has 0 saturated heterocycles. The quantitative estimate of drug-likeness (QED) is 0.556. The van der Waals surface area contributed by atoms with E-state index < -0.39 is 11.1 Å². The first-order valence-corrected chi connectivity index (χ1v) is 10.6. The number of para-hydroxylation sites is 1. The fraction of sp³-hybridized carbons (Fsp3) is 0.476. The molecule has 1 aliphatic heterocycles. The summed E-state index contributed by atoms with van der Waals surface area (Å²) in [5, 5.41) is 18.5. The summed E-state index contributed by atoms with van der Waals surface area (Å²) >= 11 is 1.64. The first-order chi connectivity index (χ1) is 13.3. The molecule has 2 aliphatic rings. The number of hydrogen-bond acceptors (Lipinski definition) is 5. The van der Waals surface area contributed by atoms with Gasteiger partial charge in [-0.25, -0.2) is 0 Å². The van der Waals surface area contributed by atoms with Crippen LogP contribution in [0, 0.1) is 21.4 Å². The van der Waals surface area contributed by atoms with Crippen LogP contribution in [0.25, 0.3) is 0 Å². The number of fused-ring (bicyclic) bond motifs is 3. The van der Waals surface area contributed by atoms with Gasteiger partial charge in [0.1, 0.15) is 11.2 Å². The van der Waals surface area contributed by atoms with Gasteiger partial charge in [-0.05, 0) is 42.2 Å². The fourth-order valence-corrected chi connectivity index (χ4v) is 5.66. The molecule has 4 rings (SSSR count). The molecule has 0 unspecified atom stereocenters. The largest absolute Gasteiger partial charge is 0.352 e. The molecule has 2 aromatic rings. The minimum Gasteiger partial charge on any atom is -0.352 e. The highest BCUT2D eigenvalue weighted by Crippen LogP contribution is 2.47. The molecule has 1 aromatic carbocycles. The SMILES string of the molecule is CCC(C)(C)[C@H]1CCc2c(sc3c2C(=O)N[C@H](c2ccccc2[N+](=O)[O-])N3)C1. The van der Waals surface area contributed by atoms with Crippen LogP contribution in [0.1, 0.15) is 66.1 Å². The van der Waals surface area contributed by atoms with Crippen LogP contribution in [-0.4, -0.2) is 10.8 Å². The molecule has 2 heterocycles. The van der Waals surface area contributed by atoms with Crippen molar-refractivity contribution in [1.29, 1.82) is 0 Å². The van der Waals surface area contributed by atoms with E-state index in [-0.39, 0.29) is 17.0 Å². The maximum Gasteiger partial charge on any atom is 0.276 e. The van der Waals surface area contributed by atoms with Gasteiger partial charge in [0.05, 0.1) is 16.1 Å². The van der Waals surface area contributed by atoms with E-state index in [1.807, 2.05) is 0 Å². The lowest BCUT2D eigenvalue weighted by Crippen LogP contribution is -2.38. The molecule has 2 N–H and O–H groups in total. The Morgan fingerprint density at radius 1 is 1.29 bits per heavy atom. The molecule has 7 heteroatoms. The molecule has 0 fully saturated rings. The molecule has 2 atom stereocenters. The van der Waals surface area contributed by atoms with Crippen LogP contribution in [0.2, 0.25) is 0 Å². The maximum atomic E-state index is 12.9. The molecule has 0 radical (unpaired) electrons. The average Bonchev–Trinajstić information content (AvgIpc) is 3.06. The van der Waals surface area contributed by atoms with Crippen molar-refractivity contribution in [3.8, 4) is 0 Å². The minimum absolute atomic E-state index is 0.00910. The number of amides is 1. The van der Waals surface area contributed by atoms with E-state index in [0.717, 1.165) is 41.8 Å². The van der Waals surface area contributed by atoms with Crippen molar-refractivity contribution in [3.63, 3.8) is 0 Å². The number of hydrogen-bond donors (Lipinski definition) is 2. The second-order valence-corrected chi connectivity index (χ2v) is 9.46. The van der Waals surface area contributed by atoms with Gasteiger partial charge in [-0.3, -0.25) is 14.9 Å². The van der Waals surface area contributed by atoms with Crippen LogP contribution >= 0.6 is 11.3 Å². The second-order valence-electron chi connectivity index (χ2n) is 8.36. The van der Waals surface area contributed by atoms with Crippen molar-refractivity contribution in [1.82, 2.24) is 5.32 Å². The molecule has 0 saturated carbocycles. The van der Waals surface area contributed by atoms with Crippen LogP contribution in [0.3, 0.4) is 0 Å². The number of anilines is 1. The zero-order valence-corrected chi connectivity index (χ0v) is 17.2. The monoisotopic (exact) mass is 399 g/mol. The summed E-state index contributed by atoms with van der Waals surface area (Å²) in [4.78, 5) is 25.2. The zero-order valence-electron chi connectivity index (χ0n) is 16.4. The number of rotatable bonds is 4. The molecular formula is C21H25N3O3S. The van der Waals surface area contributed by atoms with Crippen molar-refractivity contribution in [2.24, 2.45) is 11.3 Å². The van der Waals surface area contributed by atoms with Gasteiger partial charge in [0.25, 0.3) is 11.6 Å². The lowest BCUT2D eigenvalue weighted by molar-refractivity contribution is -0.385. The first-order valence-electron chi connectivity index (χ1n) is 9.77. The molecule has 1 aliphatic carbocycles. The summed E-state index contributed by atoms with van der Waals surface area (Å²) in [6.07, 6.45) is 3.55. The number of nitrogens with zero attached hydrogens (tertiary/aromatic N) is 1. The molecule has 148 valence electrons. The second kappa shape index (κ2) is 6.88. The Bertz CT molecular complexity index is 950. The van der Waals surface area contributed by atoms with E-state index in [0.29, 0.717) is 11.5 Å². The van der Waals surface area contributed by atoms with Gasteiger partial charge in [0, 0.05) is 10.9 Å². The first kappa shape index (κ1) is 18.9. The van der Waals surface area contributed by atoms with Gasteiger partial charge in [0.15, 0.2) is 0 Å². The number of nitro benzene ring substituents is 1. The van der Waals surface area contributed by atoms with E-state index in [1.165, 1.54) is 10.9 Å². The lowest BCUT2D eigenvalue weighted by atomic mass is 9.69. The lowest BCUT2D eigenvalue weighted by Gasteiger charge is -2.36. The molecule has 0 spiro atoms. The van der Waals surface area contributed by atoms with Crippen molar-refractivity contribution >= 4 is 27.9 Å². The number of thiophene rings is 1. The summed E-state index contributed by atoms with van der Waals surface area (Å²) in [6.45, 7) is 6.89. The summed E-state index contributed by atoms with van der Waals surface area (Å²) in [6, 6.07) is 6.55. The Labute approximate surface area is 168 Å². The maximum absolute atomic E-state index is 12.9. The number of nitrogens with one attached hydrogen (secondary N) is 2. The van der Waals surface area contributed by atoms with Gasteiger partial charge >= 0.3 is 0 Å². The van der Waals surface area contributed by atoms with E-state index >= 15 is 0 Å². The standard InChI is InChI=1S/C21H25N3O3S/c1-4-21(2,3)12-9-10-14-16(11-12)28-20-17(14)19(25)22-18(23-20)13-7-5-6-8-15(13)24(26)27/h5-8,12,18,23H,4,9-11H2,1-3H3,(H,22,25)/t12-,18-/m0/s1. The third kappa shape index (κ3) is 3.07. The van der Waals surface area contributed by atoms with Crippen molar-refractivity contribution < 1.29 is 9.72 Å². The highest BCUT2D eigenvalue weighted by atomic mass is 32.1. The highest BCUT2D eigenvalue weighted by molar-refractivity contribution is 7.16. The Hall–Kier alpha value is -2.41. The summed E-state index contributed by atoms with van der Waals surface area (Å²) in [5.74, 6) is 0.474. The number of nitro groups is 1. The highest BCUT2D eigenvalue weighted by Gasteiger charge is 2.38. The number of carbonyl (C=O) groups is 1. The van der Waals surface area contributed by atoms with E-state index in [4.69, 9.17) is 0 Å². The predicted octanol–water partition coefficient (Wildman–Crippen LogP) is 5.05. The summed E-state index contributed by atoms with van der Waals surface area (Å²) in [5.41, 5.74) is 2.67.